The average Bonchev–Trinajstić information content (AvgIpc) is 2.50. The smallest absolute Gasteiger partial charge is 0.159 e. The topological polar surface area (TPSA) is 54.5 Å². The van der Waals surface area contributed by atoms with Crippen molar-refractivity contribution in [3.05, 3.63) is 18.2 Å². The molecule has 0 spiro atoms. The summed E-state index contributed by atoms with van der Waals surface area (Å²) in [6, 6.07) is 0. The molecule has 0 saturated heterocycles. The summed E-state index contributed by atoms with van der Waals surface area (Å²) in [5.41, 5.74) is 1.43. The lowest BCUT2D eigenvalue weighted by atomic mass is 10.3. The van der Waals surface area contributed by atoms with Crippen LogP contribution in [0.15, 0.2) is 12.5 Å². The average molecular weight is 158 g/mol. The summed E-state index contributed by atoms with van der Waals surface area (Å²) in [4.78, 5) is 7.88. The van der Waals surface area contributed by atoms with Crippen LogP contribution in [0.25, 0.3) is 11.0 Å². The molecular weight excluding hydrogens is 152 g/mol. The lowest BCUT2D eigenvalue weighted by molar-refractivity contribution is 1.08. The first kappa shape index (κ1) is 6.80. The number of hydrogen-bond donors (Lipinski definition) is 1. The van der Waals surface area contributed by atoms with E-state index < -0.39 is 0 Å². The SMILES string of the molecule is CC#Cc1n[nH]c2ncncc12. The van der Waals surface area contributed by atoms with Crippen molar-refractivity contribution in [2.45, 2.75) is 6.92 Å². The van der Waals surface area contributed by atoms with Crippen molar-refractivity contribution in [3.63, 3.8) is 0 Å². The first-order valence-corrected chi connectivity index (χ1v) is 3.48. The highest BCUT2D eigenvalue weighted by atomic mass is 15.2. The van der Waals surface area contributed by atoms with Crippen LogP contribution in [0.2, 0.25) is 0 Å². The number of aromatic nitrogens is 4. The van der Waals surface area contributed by atoms with Crippen molar-refractivity contribution >= 4 is 11.0 Å². The van der Waals surface area contributed by atoms with Crippen molar-refractivity contribution in [2.75, 3.05) is 0 Å². The zero-order chi connectivity index (χ0) is 8.39. The van der Waals surface area contributed by atoms with Crippen LogP contribution in [0, 0.1) is 11.8 Å². The Morgan fingerprint density at radius 2 is 2.42 bits per heavy atom. The van der Waals surface area contributed by atoms with Gasteiger partial charge in [-0.15, -0.1) is 0 Å². The van der Waals surface area contributed by atoms with Gasteiger partial charge in [-0.2, -0.15) is 5.10 Å². The Morgan fingerprint density at radius 3 is 3.25 bits per heavy atom. The molecule has 0 radical (unpaired) electrons. The number of H-pyrrole nitrogens is 1. The zero-order valence-corrected chi connectivity index (χ0v) is 6.50. The maximum absolute atomic E-state index is 3.99. The highest BCUT2D eigenvalue weighted by Gasteiger charge is 2.01. The minimum absolute atomic E-state index is 0.702. The van der Waals surface area contributed by atoms with E-state index in [4.69, 9.17) is 0 Å². The second kappa shape index (κ2) is 2.62. The van der Waals surface area contributed by atoms with Gasteiger partial charge in [0.25, 0.3) is 0 Å². The molecule has 0 bridgehead atoms. The molecule has 0 aliphatic heterocycles. The highest BCUT2D eigenvalue weighted by Crippen LogP contribution is 2.09. The molecule has 2 aromatic rings. The minimum Gasteiger partial charge on any atom is -0.259 e. The lowest BCUT2D eigenvalue weighted by Crippen LogP contribution is -1.77. The molecule has 12 heavy (non-hydrogen) atoms. The first-order valence-electron chi connectivity index (χ1n) is 3.48. The van der Waals surface area contributed by atoms with Gasteiger partial charge in [0.05, 0.1) is 5.39 Å². The predicted molar refractivity (Wildman–Crippen MR) is 44.2 cm³/mol. The van der Waals surface area contributed by atoms with Gasteiger partial charge in [0, 0.05) is 6.20 Å². The molecule has 4 nitrogen and oxygen atoms in total. The summed E-state index contributed by atoms with van der Waals surface area (Å²) in [5, 5.41) is 7.62. The first-order chi connectivity index (χ1) is 5.92. The molecule has 2 aromatic heterocycles. The molecule has 0 aliphatic rings. The number of nitrogens with zero attached hydrogens (tertiary/aromatic N) is 3. The third-order valence-corrected chi connectivity index (χ3v) is 1.48. The van der Waals surface area contributed by atoms with E-state index in [-0.39, 0.29) is 0 Å². The van der Waals surface area contributed by atoms with Crippen LogP contribution < -0.4 is 0 Å². The highest BCUT2D eigenvalue weighted by molar-refractivity contribution is 5.79. The molecule has 4 heteroatoms. The maximum Gasteiger partial charge on any atom is 0.159 e. The normalized spacial score (nSPS) is 9.42. The van der Waals surface area contributed by atoms with Crippen molar-refractivity contribution in [3.8, 4) is 11.8 Å². The van der Waals surface area contributed by atoms with Crippen LogP contribution in [0.5, 0.6) is 0 Å². The van der Waals surface area contributed by atoms with Crippen LogP contribution in [-0.2, 0) is 0 Å². The van der Waals surface area contributed by atoms with Gasteiger partial charge in [-0.05, 0) is 12.8 Å². The fraction of sp³-hybridized carbons (Fsp3) is 0.125. The van der Waals surface area contributed by atoms with Crippen LogP contribution in [0.1, 0.15) is 12.6 Å². The number of nitrogens with one attached hydrogen (secondary N) is 1. The van der Waals surface area contributed by atoms with Crippen LogP contribution in [0.4, 0.5) is 0 Å². The third kappa shape index (κ3) is 0.920. The molecule has 2 heterocycles. The molecule has 0 atom stereocenters. The van der Waals surface area contributed by atoms with Crippen LogP contribution >= 0.6 is 0 Å². The monoisotopic (exact) mass is 158 g/mol. The largest absolute Gasteiger partial charge is 0.259 e. The van der Waals surface area contributed by atoms with Gasteiger partial charge >= 0.3 is 0 Å². The van der Waals surface area contributed by atoms with E-state index in [0.717, 1.165) is 11.0 Å². The Labute approximate surface area is 69.0 Å². The quantitative estimate of drug-likeness (QED) is 0.575. The second-order valence-electron chi connectivity index (χ2n) is 2.23. The van der Waals surface area contributed by atoms with E-state index in [1.54, 1.807) is 13.1 Å². The van der Waals surface area contributed by atoms with Crippen molar-refractivity contribution in [1.82, 2.24) is 20.2 Å². The minimum atomic E-state index is 0.702. The number of rotatable bonds is 0. The van der Waals surface area contributed by atoms with E-state index in [1.807, 2.05) is 0 Å². The summed E-state index contributed by atoms with van der Waals surface area (Å²) in [6.45, 7) is 1.77. The van der Waals surface area contributed by atoms with E-state index in [2.05, 4.69) is 32.0 Å². The summed E-state index contributed by atoms with van der Waals surface area (Å²) >= 11 is 0. The summed E-state index contributed by atoms with van der Waals surface area (Å²) in [7, 11) is 0. The molecule has 0 unspecified atom stereocenters. The molecule has 0 aliphatic carbocycles. The van der Waals surface area contributed by atoms with Crippen LogP contribution in [0.3, 0.4) is 0 Å². The third-order valence-electron chi connectivity index (χ3n) is 1.48. The van der Waals surface area contributed by atoms with Gasteiger partial charge in [0.2, 0.25) is 0 Å². The molecule has 1 N–H and O–H groups in total. The van der Waals surface area contributed by atoms with Crippen molar-refractivity contribution in [1.29, 1.82) is 0 Å². The summed E-state index contributed by atoms with van der Waals surface area (Å²) < 4.78 is 0. The summed E-state index contributed by atoms with van der Waals surface area (Å²) in [5.74, 6) is 5.63. The van der Waals surface area contributed by atoms with E-state index in [9.17, 15) is 0 Å². The Hall–Kier alpha value is -1.89. The fourth-order valence-corrected chi connectivity index (χ4v) is 0.975. The molecule has 58 valence electrons. The van der Waals surface area contributed by atoms with Gasteiger partial charge in [-0.3, -0.25) is 5.10 Å². The molecule has 2 rings (SSSR count). The number of aromatic amines is 1. The van der Waals surface area contributed by atoms with Crippen LogP contribution in [-0.4, -0.2) is 20.2 Å². The van der Waals surface area contributed by atoms with E-state index in [0.29, 0.717) is 5.69 Å². The summed E-state index contributed by atoms with van der Waals surface area (Å²) in [6.07, 6.45) is 3.18. The molecule has 0 saturated carbocycles. The van der Waals surface area contributed by atoms with Crippen molar-refractivity contribution in [2.24, 2.45) is 0 Å². The van der Waals surface area contributed by atoms with Gasteiger partial charge in [0.1, 0.15) is 12.0 Å². The Kier molecular flexibility index (Phi) is 1.49. The van der Waals surface area contributed by atoms with Gasteiger partial charge in [0.15, 0.2) is 5.65 Å². The number of hydrogen-bond acceptors (Lipinski definition) is 3. The second-order valence-corrected chi connectivity index (χ2v) is 2.23. The zero-order valence-electron chi connectivity index (χ0n) is 6.50. The van der Waals surface area contributed by atoms with Crippen molar-refractivity contribution < 1.29 is 0 Å². The molecule has 0 amide bonds. The lowest BCUT2D eigenvalue weighted by Gasteiger charge is -1.83. The molecule has 0 fully saturated rings. The van der Waals surface area contributed by atoms with E-state index >= 15 is 0 Å². The Morgan fingerprint density at radius 1 is 1.50 bits per heavy atom. The van der Waals surface area contributed by atoms with E-state index in [1.165, 1.54) is 6.33 Å². The molecular formula is C8H6N4. The number of fused-ring (bicyclic) bond motifs is 1. The Bertz CT molecular complexity index is 460. The maximum atomic E-state index is 3.99. The fourth-order valence-electron chi connectivity index (χ4n) is 0.975. The Balaban J connectivity index is 2.76. The standard InChI is InChI=1S/C8H6N4/c1-2-3-7-6-4-9-5-10-8(6)12-11-7/h4-5H,1H3,(H,9,10,11,12). The van der Waals surface area contributed by atoms with Gasteiger partial charge in [-0.25, -0.2) is 9.97 Å². The predicted octanol–water partition coefficient (Wildman–Crippen LogP) is 0.724. The molecule has 0 aromatic carbocycles. The van der Waals surface area contributed by atoms with Gasteiger partial charge < -0.3 is 0 Å². The van der Waals surface area contributed by atoms with Gasteiger partial charge in [-0.1, -0.05) is 5.92 Å².